The van der Waals surface area contributed by atoms with Crippen molar-refractivity contribution in [2.75, 3.05) is 31.3 Å². The molecule has 9 heteroatoms. The number of ether oxygens (including phenoxy) is 2. The predicted molar refractivity (Wildman–Crippen MR) is 129 cm³/mol. The summed E-state index contributed by atoms with van der Waals surface area (Å²) in [7, 11) is 1.96. The zero-order valence-corrected chi connectivity index (χ0v) is 19.6. The van der Waals surface area contributed by atoms with Crippen molar-refractivity contribution in [1.82, 2.24) is 29.5 Å². The van der Waals surface area contributed by atoms with Gasteiger partial charge in [0.15, 0.2) is 0 Å². The largest absolute Gasteiger partial charge is 0.377 e. The lowest BCUT2D eigenvalue weighted by atomic mass is 10.0. The lowest BCUT2D eigenvalue weighted by Gasteiger charge is -2.34. The van der Waals surface area contributed by atoms with Crippen molar-refractivity contribution in [3.05, 3.63) is 42.9 Å². The molecule has 0 aliphatic carbocycles. The van der Waals surface area contributed by atoms with Crippen LogP contribution >= 0.6 is 0 Å². The van der Waals surface area contributed by atoms with Crippen molar-refractivity contribution >= 4 is 16.7 Å². The Kier molecular flexibility index (Phi) is 5.50. The van der Waals surface area contributed by atoms with E-state index in [1.807, 2.05) is 53.2 Å². The van der Waals surface area contributed by atoms with Crippen LogP contribution in [0, 0.1) is 0 Å². The monoisotopic (exact) mass is 459 g/mol. The van der Waals surface area contributed by atoms with Crippen molar-refractivity contribution in [3.63, 3.8) is 0 Å². The highest BCUT2D eigenvalue weighted by molar-refractivity contribution is 6.01. The average Bonchev–Trinajstić information content (AvgIpc) is 3.53. The Morgan fingerprint density at radius 1 is 1.09 bits per heavy atom. The fourth-order valence-electron chi connectivity index (χ4n) is 4.95. The molecule has 2 aliphatic heterocycles. The fraction of sp³-hybridized carbons (Fsp3) is 0.440. The van der Waals surface area contributed by atoms with E-state index in [0.717, 1.165) is 71.8 Å². The number of hydrogen-bond acceptors (Lipinski definition) is 7. The smallest absolute Gasteiger partial charge is 0.150 e. The summed E-state index contributed by atoms with van der Waals surface area (Å²) in [6.07, 6.45) is 8.88. The number of aryl methyl sites for hydroxylation is 1. The quantitative estimate of drug-likeness (QED) is 0.459. The first kappa shape index (κ1) is 21.2. The van der Waals surface area contributed by atoms with Crippen molar-refractivity contribution in [1.29, 1.82) is 0 Å². The van der Waals surface area contributed by atoms with Gasteiger partial charge in [-0.25, -0.2) is 9.67 Å². The van der Waals surface area contributed by atoms with Crippen LogP contribution < -0.4 is 4.90 Å². The van der Waals surface area contributed by atoms with Crippen LogP contribution in [0.15, 0.2) is 42.9 Å². The van der Waals surface area contributed by atoms with E-state index in [9.17, 15) is 0 Å². The summed E-state index contributed by atoms with van der Waals surface area (Å²) in [5, 5.41) is 10.3. The molecule has 0 radical (unpaired) electrons. The molecule has 0 amide bonds. The Hall–Kier alpha value is -3.30. The van der Waals surface area contributed by atoms with E-state index < -0.39 is 0 Å². The average molecular weight is 460 g/mol. The van der Waals surface area contributed by atoms with Crippen molar-refractivity contribution in [2.24, 2.45) is 7.05 Å². The number of aromatic nitrogens is 6. The SMILES string of the molecule is CC1COCCN1c1cc(-c2ccnn2C)c2ccnc(-c3ccn(C4CCCCO4)n3)c2n1. The highest BCUT2D eigenvalue weighted by atomic mass is 16.5. The van der Waals surface area contributed by atoms with Gasteiger partial charge in [-0.05, 0) is 50.5 Å². The molecule has 0 spiro atoms. The zero-order valence-electron chi connectivity index (χ0n) is 19.6. The maximum atomic E-state index is 5.93. The zero-order chi connectivity index (χ0) is 23.1. The first-order valence-electron chi connectivity index (χ1n) is 12.0. The van der Waals surface area contributed by atoms with Crippen molar-refractivity contribution < 1.29 is 9.47 Å². The van der Waals surface area contributed by atoms with E-state index in [4.69, 9.17) is 24.5 Å². The molecule has 2 unspecified atom stereocenters. The Labute approximate surface area is 198 Å². The second kappa shape index (κ2) is 8.81. The van der Waals surface area contributed by atoms with Crippen LogP contribution in [0.4, 0.5) is 5.82 Å². The Morgan fingerprint density at radius 3 is 2.82 bits per heavy atom. The van der Waals surface area contributed by atoms with E-state index in [2.05, 4.69) is 23.0 Å². The van der Waals surface area contributed by atoms with Gasteiger partial charge in [-0.2, -0.15) is 10.2 Å². The van der Waals surface area contributed by atoms with Gasteiger partial charge >= 0.3 is 0 Å². The molecule has 0 bridgehead atoms. The minimum atomic E-state index is -0.0137. The third kappa shape index (κ3) is 3.74. The normalized spacial score (nSPS) is 21.3. The van der Waals surface area contributed by atoms with Crippen LogP contribution in [0.2, 0.25) is 0 Å². The van der Waals surface area contributed by atoms with Gasteiger partial charge in [-0.1, -0.05) is 0 Å². The minimum absolute atomic E-state index is 0.0137. The number of nitrogens with zero attached hydrogens (tertiary/aromatic N) is 7. The summed E-state index contributed by atoms with van der Waals surface area (Å²) in [5.41, 5.74) is 4.53. The van der Waals surface area contributed by atoms with E-state index in [-0.39, 0.29) is 12.3 Å². The number of anilines is 1. The standard InChI is InChI=1S/C25H29N7O2/c1-17-16-33-14-12-31(17)22-15-19(21-7-10-27-30(21)2)18-6-9-26-25(24(18)28-22)20-8-11-32(29-20)23-5-3-4-13-34-23/h6-11,15,17,23H,3-5,12-14,16H2,1-2H3. The molecular formula is C25H29N7O2. The summed E-state index contributed by atoms with van der Waals surface area (Å²) in [6.45, 7) is 5.13. The van der Waals surface area contributed by atoms with Crippen LogP contribution in [0.3, 0.4) is 0 Å². The van der Waals surface area contributed by atoms with Gasteiger partial charge < -0.3 is 14.4 Å². The van der Waals surface area contributed by atoms with Crippen molar-refractivity contribution in [3.8, 4) is 22.6 Å². The molecule has 6 heterocycles. The molecule has 2 atom stereocenters. The molecule has 0 saturated carbocycles. The van der Waals surface area contributed by atoms with Gasteiger partial charge in [0.05, 0.1) is 24.9 Å². The number of morpholine rings is 1. The highest BCUT2D eigenvalue weighted by Gasteiger charge is 2.24. The molecule has 0 N–H and O–H groups in total. The Balaban J connectivity index is 1.51. The lowest BCUT2D eigenvalue weighted by molar-refractivity contribution is -0.0393. The molecule has 176 valence electrons. The summed E-state index contributed by atoms with van der Waals surface area (Å²) in [5.74, 6) is 0.920. The third-order valence-corrected chi connectivity index (χ3v) is 6.77. The Morgan fingerprint density at radius 2 is 2.03 bits per heavy atom. The van der Waals surface area contributed by atoms with E-state index in [1.165, 1.54) is 0 Å². The summed E-state index contributed by atoms with van der Waals surface area (Å²) in [4.78, 5) is 12.2. The van der Waals surface area contributed by atoms with Gasteiger partial charge in [0.2, 0.25) is 0 Å². The highest BCUT2D eigenvalue weighted by Crippen LogP contribution is 2.35. The fourth-order valence-corrected chi connectivity index (χ4v) is 4.95. The summed E-state index contributed by atoms with van der Waals surface area (Å²) in [6, 6.07) is 8.48. The molecule has 2 fully saturated rings. The predicted octanol–water partition coefficient (Wildman–Crippen LogP) is 3.82. The topological polar surface area (TPSA) is 83.1 Å². The first-order chi connectivity index (χ1) is 16.7. The van der Waals surface area contributed by atoms with Crippen LogP contribution in [-0.4, -0.2) is 61.9 Å². The molecule has 2 saturated heterocycles. The minimum Gasteiger partial charge on any atom is -0.377 e. The Bertz CT molecular complexity index is 1310. The van der Waals surface area contributed by atoms with Gasteiger partial charge in [-0.15, -0.1) is 0 Å². The number of rotatable bonds is 4. The second-order valence-corrected chi connectivity index (χ2v) is 9.04. The maximum absolute atomic E-state index is 5.93. The molecule has 4 aromatic heterocycles. The number of fused-ring (bicyclic) bond motifs is 1. The van der Waals surface area contributed by atoms with Gasteiger partial charge in [0, 0.05) is 49.7 Å². The van der Waals surface area contributed by atoms with Crippen LogP contribution in [0.1, 0.15) is 32.4 Å². The molecule has 9 nitrogen and oxygen atoms in total. The van der Waals surface area contributed by atoms with E-state index in [0.29, 0.717) is 13.2 Å². The molecular weight excluding hydrogens is 430 g/mol. The second-order valence-electron chi connectivity index (χ2n) is 9.04. The van der Waals surface area contributed by atoms with Crippen LogP contribution in [0.25, 0.3) is 33.5 Å². The van der Waals surface area contributed by atoms with Gasteiger partial charge in [0.1, 0.15) is 29.0 Å². The lowest BCUT2D eigenvalue weighted by Crippen LogP contribution is -2.44. The number of hydrogen-bond donors (Lipinski definition) is 0. The molecule has 0 aromatic carbocycles. The summed E-state index contributed by atoms with van der Waals surface area (Å²) >= 11 is 0. The first-order valence-corrected chi connectivity index (χ1v) is 12.0. The molecule has 2 aliphatic rings. The number of pyridine rings is 2. The molecule has 4 aromatic rings. The molecule has 6 rings (SSSR count). The van der Waals surface area contributed by atoms with E-state index in [1.54, 1.807) is 0 Å². The maximum Gasteiger partial charge on any atom is 0.150 e. The van der Waals surface area contributed by atoms with Gasteiger partial charge in [0.25, 0.3) is 0 Å². The van der Waals surface area contributed by atoms with Gasteiger partial charge in [-0.3, -0.25) is 9.67 Å². The third-order valence-electron chi connectivity index (χ3n) is 6.77. The van der Waals surface area contributed by atoms with Crippen molar-refractivity contribution in [2.45, 2.75) is 38.5 Å². The molecule has 34 heavy (non-hydrogen) atoms. The van der Waals surface area contributed by atoms with Crippen LogP contribution in [0.5, 0.6) is 0 Å². The van der Waals surface area contributed by atoms with E-state index >= 15 is 0 Å². The summed E-state index contributed by atoms with van der Waals surface area (Å²) < 4.78 is 15.4. The van der Waals surface area contributed by atoms with Crippen LogP contribution in [-0.2, 0) is 16.5 Å².